The van der Waals surface area contributed by atoms with Crippen LogP contribution >= 0.6 is 0 Å². The van der Waals surface area contributed by atoms with Crippen LogP contribution in [0.2, 0.25) is 0 Å². The van der Waals surface area contributed by atoms with Gasteiger partial charge >= 0.3 is 0 Å². The van der Waals surface area contributed by atoms with Gasteiger partial charge in [0.1, 0.15) is 24.0 Å². The molecule has 0 unspecified atom stereocenters. The molecule has 1 aromatic heterocycles. The van der Waals surface area contributed by atoms with Gasteiger partial charge < -0.3 is 9.52 Å². The largest absolute Gasteiger partial charge is 0.445 e. The summed E-state index contributed by atoms with van der Waals surface area (Å²) in [6, 6.07) is 4.74. The third-order valence-electron chi connectivity index (χ3n) is 2.23. The van der Waals surface area contributed by atoms with E-state index in [4.69, 9.17) is 9.52 Å². The van der Waals surface area contributed by atoms with Gasteiger partial charge in [-0.25, -0.2) is 8.78 Å². The maximum Gasteiger partial charge on any atom is 0.295 e. The summed E-state index contributed by atoms with van der Waals surface area (Å²) in [5.74, 6) is -1.66. The van der Waals surface area contributed by atoms with Crippen molar-refractivity contribution < 1.29 is 26.7 Å². The number of hydrogen-bond acceptors (Lipinski definition) is 4. The lowest BCUT2D eigenvalue weighted by atomic mass is 10.3. The minimum Gasteiger partial charge on any atom is -0.445 e. The van der Waals surface area contributed by atoms with Gasteiger partial charge in [-0.3, -0.25) is 4.72 Å². The second-order valence-electron chi connectivity index (χ2n) is 3.61. The SMILES string of the molecule is O=S(=O)(Nc1cc(F)ccc1F)c1ccc(CO)o1. The van der Waals surface area contributed by atoms with Crippen LogP contribution in [0.1, 0.15) is 5.76 Å². The zero-order valence-corrected chi connectivity index (χ0v) is 10.2. The van der Waals surface area contributed by atoms with Crippen molar-refractivity contribution in [3.63, 3.8) is 0 Å². The molecule has 1 aromatic carbocycles. The predicted octanol–water partition coefficient (Wildman–Crippen LogP) is 1.85. The summed E-state index contributed by atoms with van der Waals surface area (Å²) in [4.78, 5) is 0. The number of sulfonamides is 1. The fourth-order valence-corrected chi connectivity index (χ4v) is 2.37. The molecule has 0 radical (unpaired) electrons. The molecule has 102 valence electrons. The summed E-state index contributed by atoms with van der Waals surface area (Å²) in [5.41, 5.74) is -0.526. The number of benzene rings is 1. The van der Waals surface area contributed by atoms with Gasteiger partial charge in [-0.15, -0.1) is 0 Å². The molecular formula is C11H9F2NO4S. The Labute approximate surface area is 107 Å². The van der Waals surface area contributed by atoms with Crippen molar-refractivity contribution in [1.29, 1.82) is 0 Å². The van der Waals surface area contributed by atoms with Crippen molar-refractivity contribution in [2.45, 2.75) is 11.7 Å². The highest BCUT2D eigenvalue weighted by Gasteiger charge is 2.20. The molecule has 1 heterocycles. The van der Waals surface area contributed by atoms with Crippen LogP contribution in [-0.4, -0.2) is 13.5 Å². The third kappa shape index (κ3) is 2.91. The topological polar surface area (TPSA) is 79.5 Å². The minimum absolute atomic E-state index is 0.0417. The second-order valence-corrected chi connectivity index (χ2v) is 5.22. The predicted molar refractivity (Wildman–Crippen MR) is 61.8 cm³/mol. The quantitative estimate of drug-likeness (QED) is 0.900. The van der Waals surface area contributed by atoms with Crippen LogP contribution in [0.25, 0.3) is 0 Å². The number of rotatable bonds is 4. The van der Waals surface area contributed by atoms with Crippen LogP contribution in [0.5, 0.6) is 0 Å². The van der Waals surface area contributed by atoms with E-state index in [0.29, 0.717) is 6.07 Å². The molecule has 0 spiro atoms. The van der Waals surface area contributed by atoms with Crippen LogP contribution in [0, 0.1) is 11.6 Å². The molecule has 0 fully saturated rings. The number of hydrogen-bond donors (Lipinski definition) is 2. The van der Waals surface area contributed by atoms with Gasteiger partial charge in [0.25, 0.3) is 10.0 Å². The first-order valence-corrected chi connectivity index (χ1v) is 6.58. The van der Waals surface area contributed by atoms with Crippen LogP contribution in [-0.2, 0) is 16.6 Å². The van der Waals surface area contributed by atoms with E-state index in [1.54, 1.807) is 0 Å². The molecule has 2 aromatic rings. The van der Waals surface area contributed by atoms with Crippen molar-refractivity contribution in [3.05, 3.63) is 47.7 Å². The van der Waals surface area contributed by atoms with Gasteiger partial charge in [0, 0.05) is 6.07 Å². The Kier molecular flexibility index (Phi) is 3.54. The second kappa shape index (κ2) is 4.98. The zero-order chi connectivity index (χ0) is 14.0. The average Bonchev–Trinajstić information content (AvgIpc) is 2.83. The van der Waals surface area contributed by atoms with E-state index < -0.39 is 39.0 Å². The Bertz CT molecular complexity index is 696. The maximum atomic E-state index is 13.3. The number of nitrogens with one attached hydrogen (secondary N) is 1. The Balaban J connectivity index is 2.33. The normalized spacial score (nSPS) is 11.5. The van der Waals surface area contributed by atoms with E-state index in [2.05, 4.69) is 0 Å². The number of furan rings is 1. The van der Waals surface area contributed by atoms with Crippen LogP contribution in [0.15, 0.2) is 39.8 Å². The van der Waals surface area contributed by atoms with E-state index in [1.165, 1.54) is 6.07 Å². The van der Waals surface area contributed by atoms with E-state index >= 15 is 0 Å². The summed E-state index contributed by atoms with van der Waals surface area (Å²) < 4.78 is 56.6. The Morgan fingerprint density at radius 3 is 2.58 bits per heavy atom. The summed E-state index contributed by atoms with van der Waals surface area (Å²) >= 11 is 0. The molecule has 19 heavy (non-hydrogen) atoms. The van der Waals surface area contributed by atoms with E-state index in [9.17, 15) is 17.2 Å². The summed E-state index contributed by atoms with van der Waals surface area (Å²) in [6.07, 6.45) is 0. The molecule has 0 saturated heterocycles. The molecule has 8 heteroatoms. The first kappa shape index (κ1) is 13.5. The van der Waals surface area contributed by atoms with Crippen molar-refractivity contribution >= 4 is 15.7 Å². The number of aliphatic hydroxyl groups is 1. The Hall–Kier alpha value is -1.93. The molecule has 0 bridgehead atoms. The van der Waals surface area contributed by atoms with Crippen LogP contribution in [0.4, 0.5) is 14.5 Å². The van der Waals surface area contributed by atoms with Gasteiger partial charge in [0.2, 0.25) is 5.09 Å². The lowest BCUT2D eigenvalue weighted by Gasteiger charge is -2.06. The molecular weight excluding hydrogens is 280 g/mol. The number of halogens is 2. The van der Waals surface area contributed by atoms with Gasteiger partial charge in [-0.05, 0) is 24.3 Å². The maximum absolute atomic E-state index is 13.3. The highest BCUT2D eigenvalue weighted by atomic mass is 32.2. The highest BCUT2D eigenvalue weighted by Crippen LogP contribution is 2.21. The molecule has 2 N–H and O–H groups in total. The molecule has 0 aliphatic carbocycles. The molecule has 0 aliphatic rings. The Morgan fingerprint density at radius 1 is 1.21 bits per heavy atom. The van der Waals surface area contributed by atoms with Crippen molar-refractivity contribution in [2.75, 3.05) is 4.72 Å². The molecule has 2 rings (SSSR count). The third-order valence-corrected chi connectivity index (χ3v) is 3.47. The smallest absolute Gasteiger partial charge is 0.295 e. The molecule has 0 saturated carbocycles. The van der Waals surface area contributed by atoms with Gasteiger partial charge in [-0.1, -0.05) is 0 Å². The van der Waals surface area contributed by atoms with Crippen molar-refractivity contribution in [3.8, 4) is 0 Å². The van der Waals surface area contributed by atoms with Gasteiger partial charge in [-0.2, -0.15) is 8.42 Å². The molecule has 0 aliphatic heterocycles. The van der Waals surface area contributed by atoms with E-state index in [1.807, 2.05) is 4.72 Å². The average molecular weight is 289 g/mol. The highest BCUT2D eigenvalue weighted by molar-refractivity contribution is 7.92. The van der Waals surface area contributed by atoms with Gasteiger partial charge in [0.15, 0.2) is 0 Å². The lowest BCUT2D eigenvalue weighted by molar-refractivity contribution is 0.236. The van der Waals surface area contributed by atoms with E-state index in [0.717, 1.165) is 18.2 Å². The standard InChI is InChI=1S/C11H9F2NO4S/c12-7-1-3-9(13)10(5-7)14-19(16,17)11-4-2-8(6-15)18-11/h1-5,14-15H,6H2. The molecule has 0 atom stereocenters. The number of aliphatic hydroxyl groups excluding tert-OH is 1. The minimum atomic E-state index is -4.18. The molecule has 5 nitrogen and oxygen atoms in total. The summed E-state index contributed by atoms with van der Waals surface area (Å²) in [7, 11) is -4.18. The summed E-state index contributed by atoms with van der Waals surface area (Å²) in [5, 5.41) is 8.27. The first-order chi connectivity index (χ1) is 8.92. The fourth-order valence-electron chi connectivity index (χ4n) is 1.36. The van der Waals surface area contributed by atoms with E-state index in [-0.39, 0.29) is 5.76 Å². The van der Waals surface area contributed by atoms with Crippen molar-refractivity contribution in [2.24, 2.45) is 0 Å². The first-order valence-electron chi connectivity index (χ1n) is 5.10. The lowest BCUT2D eigenvalue weighted by Crippen LogP contribution is -2.13. The van der Waals surface area contributed by atoms with Crippen LogP contribution < -0.4 is 4.72 Å². The zero-order valence-electron chi connectivity index (χ0n) is 9.43. The molecule has 0 amide bonds. The fraction of sp³-hybridized carbons (Fsp3) is 0.0909. The van der Waals surface area contributed by atoms with Crippen molar-refractivity contribution in [1.82, 2.24) is 0 Å². The van der Waals surface area contributed by atoms with Crippen LogP contribution in [0.3, 0.4) is 0 Å². The Morgan fingerprint density at radius 2 is 1.95 bits per heavy atom. The monoisotopic (exact) mass is 289 g/mol. The van der Waals surface area contributed by atoms with Gasteiger partial charge in [0.05, 0.1) is 5.69 Å². The number of anilines is 1. The summed E-state index contributed by atoms with van der Waals surface area (Å²) in [6.45, 7) is -0.468.